The van der Waals surface area contributed by atoms with Crippen LogP contribution < -0.4 is 15.2 Å². The van der Waals surface area contributed by atoms with E-state index in [0.29, 0.717) is 17.7 Å². The number of ether oxygens (including phenoxy) is 2. The molecule has 0 bridgehead atoms. The monoisotopic (exact) mass is 423 g/mol. The van der Waals surface area contributed by atoms with Gasteiger partial charge in [-0.15, -0.1) is 0 Å². The number of rotatable bonds is 6. The summed E-state index contributed by atoms with van der Waals surface area (Å²) in [5.41, 5.74) is 6.10. The minimum Gasteiger partial charge on any atom is -0.487 e. The van der Waals surface area contributed by atoms with Crippen molar-refractivity contribution in [3.05, 3.63) is 53.8 Å². The number of nitrogens with two attached hydrogens (primary N) is 1. The first-order chi connectivity index (χ1) is 13.5. The molecular formula is C20H22FNO6S. The lowest BCUT2D eigenvalue weighted by atomic mass is 9.84. The van der Waals surface area contributed by atoms with Crippen molar-refractivity contribution in [3.63, 3.8) is 0 Å². The van der Waals surface area contributed by atoms with Gasteiger partial charge in [0.15, 0.2) is 16.4 Å². The smallest absolute Gasteiger partial charge is 0.341 e. The predicted octanol–water partition coefficient (Wildman–Crippen LogP) is 2.69. The van der Waals surface area contributed by atoms with E-state index < -0.39 is 45.1 Å². The number of carboxylic acid groups (broad SMARTS) is 1. The predicted molar refractivity (Wildman–Crippen MR) is 103 cm³/mol. The summed E-state index contributed by atoms with van der Waals surface area (Å²) in [6, 6.07) is 9.25. The Balaban J connectivity index is 1.97. The third-order valence-electron chi connectivity index (χ3n) is 4.74. The van der Waals surface area contributed by atoms with Crippen molar-refractivity contribution in [2.45, 2.75) is 42.1 Å². The normalized spacial score (nSPS) is 19.0. The lowest BCUT2D eigenvalue weighted by Gasteiger charge is -2.39. The van der Waals surface area contributed by atoms with Crippen molar-refractivity contribution in [3.8, 4) is 11.5 Å². The van der Waals surface area contributed by atoms with Crippen LogP contribution in [0.1, 0.15) is 31.7 Å². The molecule has 1 aliphatic rings. The molecular weight excluding hydrogens is 401 g/mol. The van der Waals surface area contributed by atoms with Crippen LogP contribution in [0.4, 0.5) is 4.39 Å². The molecule has 1 aliphatic heterocycles. The zero-order chi connectivity index (χ0) is 21.4. The maximum atomic E-state index is 13.2. The number of fused-ring (bicyclic) bond motifs is 1. The first-order valence-electron chi connectivity index (χ1n) is 8.92. The molecule has 9 heteroatoms. The lowest BCUT2D eigenvalue weighted by Crippen LogP contribution is -2.44. The molecule has 0 amide bonds. The molecule has 3 N–H and O–H groups in total. The van der Waals surface area contributed by atoms with E-state index in [1.54, 1.807) is 12.1 Å². The summed E-state index contributed by atoms with van der Waals surface area (Å²) in [5, 5.41) is 7.49. The van der Waals surface area contributed by atoms with Gasteiger partial charge in [0.05, 0.1) is 4.90 Å². The average Bonchev–Trinajstić information content (AvgIpc) is 2.64. The van der Waals surface area contributed by atoms with Gasteiger partial charge in [-0.3, -0.25) is 0 Å². The third-order valence-corrected chi connectivity index (χ3v) is 6.72. The molecule has 0 spiro atoms. The van der Waals surface area contributed by atoms with Crippen LogP contribution in [-0.2, 0) is 14.6 Å². The Kier molecular flexibility index (Phi) is 5.55. The van der Waals surface area contributed by atoms with E-state index in [9.17, 15) is 17.6 Å². The molecule has 0 saturated carbocycles. The average molecular weight is 423 g/mol. The maximum Gasteiger partial charge on any atom is 0.341 e. The van der Waals surface area contributed by atoms with Crippen molar-refractivity contribution >= 4 is 15.8 Å². The van der Waals surface area contributed by atoms with Crippen LogP contribution in [0.15, 0.2) is 47.4 Å². The fourth-order valence-electron chi connectivity index (χ4n) is 3.41. The number of carboxylic acids is 1. The highest BCUT2D eigenvalue weighted by Gasteiger charge is 2.42. The summed E-state index contributed by atoms with van der Waals surface area (Å²) in [6.45, 7) is 3.11. The second-order valence-electron chi connectivity index (χ2n) is 7.52. The minimum atomic E-state index is -3.93. The molecule has 0 aliphatic carbocycles. The van der Waals surface area contributed by atoms with Gasteiger partial charge in [0.1, 0.15) is 28.3 Å². The number of hydrogen-bond acceptors (Lipinski definition) is 6. The Hall–Kier alpha value is -2.65. The van der Waals surface area contributed by atoms with Crippen LogP contribution in [-0.4, -0.2) is 37.1 Å². The standard InChI is InChI=1S/C20H22FNO6S/c1-20(2)10-16(19(22)29(25,26)14-6-3-12(21)4-7-14)15-8-5-13(9-17(15)28-20)27-11-18(23)24/h3-9,16,19H,10-11,22H2,1-2H3,(H,23,24). The van der Waals surface area contributed by atoms with Crippen LogP contribution >= 0.6 is 0 Å². The molecule has 0 saturated heterocycles. The van der Waals surface area contributed by atoms with Gasteiger partial charge in [-0.2, -0.15) is 0 Å². The van der Waals surface area contributed by atoms with E-state index in [1.165, 1.54) is 18.2 Å². The SMILES string of the molecule is CC1(C)CC(C(N)S(=O)(=O)c2ccc(F)cc2)c2ccc(OCC(=O)O)cc2O1. The van der Waals surface area contributed by atoms with Crippen LogP contribution in [0, 0.1) is 5.82 Å². The highest BCUT2D eigenvalue weighted by atomic mass is 32.2. The van der Waals surface area contributed by atoms with Gasteiger partial charge in [0.25, 0.3) is 0 Å². The first kappa shape index (κ1) is 21.1. The van der Waals surface area contributed by atoms with Crippen molar-refractivity contribution in [2.75, 3.05) is 6.61 Å². The van der Waals surface area contributed by atoms with Crippen molar-refractivity contribution in [1.29, 1.82) is 0 Å². The van der Waals surface area contributed by atoms with E-state index in [2.05, 4.69) is 0 Å². The van der Waals surface area contributed by atoms with Gasteiger partial charge in [-0.1, -0.05) is 6.07 Å². The number of aliphatic carboxylic acids is 1. The summed E-state index contributed by atoms with van der Waals surface area (Å²) in [5.74, 6) is -1.56. The van der Waals surface area contributed by atoms with E-state index in [0.717, 1.165) is 12.1 Å². The van der Waals surface area contributed by atoms with Crippen LogP contribution in [0.25, 0.3) is 0 Å². The van der Waals surface area contributed by atoms with Gasteiger partial charge in [-0.05, 0) is 50.6 Å². The largest absolute Gasteiger partial charge is 0.487 e. The molecule has 2 aromatic carbocycles. The molecule has 7 nitrogen and oxygen atoms in total. The number of sulfone groups is 1. The number of halogens is 1. The highest BCUT2D eigenvalue weighted by molar-refractivity contribution is 7.92. The van der Waals surface area contributed by atoms with Gasteiger partial charge in [0.2, 0.25) is 0 Å². The molecule has 156 valence electrons. The molecule has 3 rings (SSSR count). The molecule has 0 radical (unpaired) electrons. The summed E-state index contributed by atoms with van der Waals surface area (Å²) >= 11 is 0. The summed E-state index contributed by atoms with van der Waals surface area (Å²) < 4.78 is 50.4. The Bertz CT molecular complexity index is 1020. The quantitative estimate of drug-likeness (QED) is 0.686. The Morgan fingerprint density at radius 3 is 2.59 bits per heavy atom. The van der Waals surface area contributed by atoms with E-state index in [1.807, 2.05) is 13.8 Å². The second-order valence-corrected chi connectivity index (χ2v) is 9.62. The Morgan fingerprint density at radius 2 is 1.97 bits per heavy atom. The molecule has 29 heavy (non-hydrogen) atoms. The minimum absolute atomic E-state index is 0.0568. The summed E-state index contributed by atoms with van der Waals surface area (Å²) in [7, 11) is -3.93. The van der Waals surface area contributed by atoms with Crippen molar-refractivity contribution in [2.24, 2.45) is 5.73 Å². The van der Waals surface area contributed by atoms with Gasteiger partial charge >= 0.3 is 5.97 Å². The second kappa shape index (κ2) is 7.64. The van der Waals surface area contributed by atoms with Crippen LogP contribution in [0.5, 0.6) is 11.5 Å². The zero-order valence-corrected chi connectivity index (χ0v) is 16.8. The van der Waals surface area contributed by atoms with E-state index >= 15 is 0 Å². The molecule has 1 heterocycles. The van der Waals surface area contributed by atoms with Gasteiger partial charge in [-0.25, -0.2) is 17.6 Å². The first-order valence-corrected chi connectivity index (χ1v) is 10.5. The Labute approximate surface area is 168 Å². The molecule has 0 fully saturated rings. The fraction of sp³-hybridized carbons (Fsp3) is 0.350. The molecule has 2 atom stereocenters. The Morgan fingerprint density at radius 1 is 1.31 bits per heavy atom. The lowest BCUT2D eigenvalue weighted by molar-refractivity contribution is -0.139. The summed E-state index contributed by atoms with van der Waals surface area (Å²) in [6.07, 6.45) is 0.344. The molecule has 2 unspecified atom stereocenters. The zero-order valence-electron chi connectivity index (χ0n) is 16.0. The highest BCUT2D eigenvalue weighted by Crippen LogP contribution is 2.45. The maximum absolute atomic E-state index is 13.2. The number of carbonyl (C=O) groups is 1. The van der Waals surface area contributed by atoms with E-state index in [4.69, 9.17) is 20.3 Å². The van der Waals surface area contributed by atoms with Gasteiger partial charge in [0, 0.05) is 17.5 Å². The number of hydrogen-bond donors (Lipinski definition) is 2. The van der Waals surface area contributed by atoms with Crippen molar-refractivity contribution in [1.82, 2.24) is 0 Å². The number of benzene rings is 2. The van der Waals surface area contributed by atoms with Crippen molar-refractivity contribution < 1.29 is 32.2 Å². The molecule has 0 aromatic heterocycles. The molecule has 2 aromatic rings. The van der Waals surface area contributed by atoms with Crippen LogP contribution in [0.3, 0.4) is 0 Å². The summed E-state index contributed by atoms with van der Waals surface area (Å²) in [4.78, 5) is 10.7. The van der Waals surface area contributed by atoms with Crippen LogP contribution in [0.2, 0.25) is 0 Å². The van der Waals surface area contributed by atoms with Gasteiger partial charge < -0.3 is 20.3 Å². The topological polar surface area (TPSA) is 116 Å². The fourth-order valence-corrected chi connectivity index (χ4v) is 4.92. The van der Waals surface area contributed by atoms with E-state index in [-0.39, 0.29) is 10.6 Å². The third kappa shape index (κ3) is 4.51.